The zero-order valence-electron chi connectivity index (χ0n) is 15.1. The molecular formula is C20H24NO5P. The lowest BCUT2D eigenvalue weighted by molar-refractivity contribution is -0.136. The quantitative estimate of drug-likeness (QED) is 0.572. The van der Waals surface area contributed by atoms with Gasteiger partial charge in [0.15, 0.2) is 0 Å². The Hall–Kier alpha value is -2.43. The number of aliphatic carboxylic acids is 1. The summed E-state index contributed by atoms with van der Waals surface area (Å²) in [5.74, 6) is -2.15. The third kappa shape index (κ3) is 6.05. The van der Waals surface area contributed by atoms with Crippen LogP contribution in [0.5, 0.6) is 0 Å². The lowest BCUT2D eigenvalue weighted by Gasteiger charge is -2.28. The molecule has 7 heteroatoms. The summed E-state index contributed by atoms with van der Waals surface area (Å²) in [4.78, 5) is 34.2. The van der Waals surface area contributed by atoms with Gasteiger partial charge >= 0.3 is 5.97 Å². The first-order valence-corrected chi connectivity index (χ1v) is 10.6. The first kappa shape index (κ1) is 20.9. The average molecular weight is 389 g/mol. The Morgan fingerprint density at radius 3 is 2.15 bits per heavy atom. The fourth-order valence-electron chi connectivity index (χ4n) is 3.04. The highest BCUT2D eigenvalue weighted by molar-refractivity contribution is 7.59. The van der Waals surface area contributed by atoms with Crippen LogP contribution < -0.4 is 5.32 Å². The lowest BCUT2D eigenvalue weighted by atomic mass is 9.97. The molecule has 3 unspecified atom stereocenters. The molecule has 0 fully saturated rings. The molecule has 1 amide bonds. The van der Waals surface area contributed by atoms with Crippen LogP contribution in [-0.2, 0) is 20.3 Å². The zero-order valence-corrected chi connectivity index (χ0v) is 16.0. The van der Waals surface area contributed by atoms with E-state index in [1.54, 1.807) is 31.2 Å². The summed E-state index contributed by atoms with van der Waals surface area (Å²) >= 11 is 0. The van der Waals surface area contributed by atoms with Gasteiger partial charge in [0.05, 0.1) is 12.6 Å². The van der Waals surface area contributed by atoms with E-state index < -0.39 is 30.8 Å². The summed E-state index contributed by atoms with van der Waals surface area (Å²) < 4.78 is 13.2. The SMILES string of the molecule is CC(c1ccccc1)C(C(=O)NCCC(=O)O)P(=O)(O)Cc1ccccc1. The third-order valence-electron chi connectivity index (χ3n) is 4.39. The molecule has 0 aliphatic rings. The van der Waals surface area contributed by atoms with E-state index in [0.717, 1.165) is 5.56 Å². The van der Waals surface area contributed by atoms with Gasteiger partial charge in [-0.1, -0.05) is 67.6 Å². The second-order valence-corrected chi connectivity index (χ2v) is 8.86. The summed E-state index contributed by atoms with van der Waals surface area (Å²) in [6, 6.07) is 17.9. The van der Waals surface area contributed by atoms with Crippen molar-refractivity contribution in [1.82, 2.24) is 5.32 Å². The molecule has 6 nitrogen and oxygen atoms in total. The largest absolute Gasteiger partial charge is 0.481 e. The molecule has 0 saturated heterocycles. The van der Waals surface area contributed by atoms with Crippen LogP contribution in [0.2, 0.25) is 0 Å². The normalized spacial score (nSPS) is 15.3. The van der Waals surface area contributed by atoms with Gasteiger partial charge in [0.25, 0.3) is 0 Å². The van der Waals surface area contributed by atoms with Crippen molar-refractivity contribution in [3.63, 3.8) is 0 Å². The molecule has 0 spiro atoms. The van der Waals surface area contributed by atoms with Gasteiger partial charge in [-0.05, 0) is 11.1 Å². The van der Waals surface area contributed by atoms with Gasteiger partial charge in [-0.2, -0.15) is 0 Å². The Morgan fingerprint density at radius 1 is 1.04 bits per heavy atom. The number of carboxylic acids is 1. The second-order valence-electron chi connectivity index (χ2n) is 6.48. The van der Waals surface area contributed by atoms with Crippen molar-refractivity contribution in [2.75, 3.05) is 6.54 Å². The monoisotopic (exact) mass is 389 g/mol. The van der Waals surface area contributed by atoms with E-state index >= 15 is 0 Å². The van der Waals surface area contributed by atoms with E-state index in [0.29, 0.717) is 5.56 Å². The number of hydrogen-bond donors (Lipinski definition) is 3. The number of benzene rings is 2. The average Bonchev–Trinajstić information content (AvgIpc) is 2.62. The zero-order chi connectivity index (χ0) is 19.9. The van der Waals surface area contributed by atoms with Crippen LogP contribution in [0.15, 0.2) is 60.7 Å². The molecule has 2 aromatic carbocycles. The standard InChI is InChI=1S/C20H24NO5P/c1-15(17-10-6-3-7-11-17)19(20(24)21-13-12-18(22)23)27(25,26)14-16-8-4-2-5-9-16/h2-11,15,19H,12-14H2,1H3,(H,21,24)(H,22,23)(H,25,26). The van der Waals surface area contributed by atoms with Crippen molar-refractivity contribution in [3.05, 3.63) is 71.8 Å². The van der Waals surface area contributed by atoms with Gasteiger partial charge in [-0.25, -0.2) is 0 Å². The molecule has 3 N–H and O–H groups in total. The van der Waals surface area contributed by atoms with Crippen LogP contribution in [0.25, 0.3) is 0 Å². The Kier molecular flexibility index (Phi) is 7.34. The molecule has 3 atom stereocenters. The van der Waals surface area contributed by atoms with E-state index in [4.69, 9.17) is 5.11 Å². The highest BCUT2D eigenvalue weighted by Gasteiger charge is 2.41. The number of carbonyl (C=O) groups is 2. The first-order chi connectivity index (χ1) is 12.8. The minimum atomic E-state index is -3.93. The molecule has 0 radical (unpaired) electrons. The van der Waals surface area contributed by atoms with E-state index in [1.807, 2.05) is 36.4 Å². The van der Waals surface area contributed by atoms with Crippen LogP contribution in [0, 0.1) is 0 Å². The summed E-state index contributed by atoms with van der Waals surface area (Å²) in [6.07, 6.45) is -0.366. The van der Waals surface area contributed by atoms with E-state index in [2.05, 4.69) is 5.32 Å². The molecule has 0 heterocycles. The van der Waals surface area contributed by atoms with Crippen molar-refractivity contribution in [3.8, 4) is 0 Å². The fourth-order valence-corrected chi connectivity index (χ4v) is 5.30. The fraction of sp³-hybridized carbons (Fsp3) is 0.300. The summed E-state index contributed by atoms with van der Waals surface area (Å²) in [7, 11) is -3.93. The molecule has 27 heavy (non-hydrogen) atoms. The van der Waals surface area contributed by atoms with Crippen molar-refractivity contribution in [2.45, 2.75) is 31.1 Å². The van der Waals surface area contributed by atoms with Crippen molar-refractivity contribution >= 4 is 19.2 Å². The van der Waals surface area contributed by atoms with Crippen LogP contribution in [-0.4, -0.2) is 34.1 Å². The Labute approximate surface area is 158 Å². The smallest absolute Gasteiger partial charge is 0.305 e. The number of nitrogens with one attached hydrogen (secondary N) is 1. The summed E-state index contributed by atoms with van der Waals surface area (Å²) in [5, 5.41) is 11.3. The number of carbonyl (C=O) groups excluding carboxylic acids is 1. The maximum atomic E-state index is 13.2. The maximum absolute atomic E-state index is 13.2. The molecule has 0 aliphatic heterocycles. The van der Waals surface area contributed by atoms with Crippen LogP contribution >= 0.6 is 7.37 Å². The topological polar surface area (TPSA) is 104 Å². The molecule has 2 rings (SSSR count). The summed E-state index contributed by atoms with van der Waals surface area (Å²) in [6.45, 7) is 1.65. The Bertz CT molecular complexity index is 810. The van der Waals surface area contributed by atoms with Crippen LogP contribution in [0.1, 0.15) is 30.4 Å². The van der Waals surface area contributed by atoms with Crippen molar-refractivity contribution in [2.24, 2.45) is 0 Å². The molecule has 0 saturated carbocycles. The summed E-state index contributed by atoms with van der Waals surface area (Å²) in [5.41, 5.74) is 0.277. The van der Waals surface area contributed by atoms with Crippen molar-refractivity contribution in [1.29, 1.82) is 0 Å². The number of rotatable bonds is 9. The van der Waals surface area contributed by atoms with E-state index in [-0.39, 0.29) is 19.1 Å². The predicted octanol–water partition coefficient (Wildman–Crippen LogP) is 3.22. The number of carboxylic acid groups (broad SMARTS) is 1. The third-order valence-corrected chi connectivity index (χ3v) is 6.76. The molecular weight excluding hydrogens is 365 g/mol. The minimum Gasteiger partial charge on any atom is -0.481 e. The molecule has 144 valence electrons. The van der Waals surface area contributed by atoms with Gasteiger partial charge in [0.1, 0.15) is 5.66 Å². The molecule has 0 aliphatic carbocycles. The maximum Gasteiger partial charge on any atom is 0.305 e. The second kappa shape index (κ2) is 9.49. The molecule has 0 aromatic heterocycles. The van der Waals surface area contributed by atoms with E-state index in [1.165, 1.54) is 0 Å². The van der Waals surface area contributed by atoms with Gasteiger partial charge in [-0.3, -0.25) is 14.2 Å². The van der Waals surface area contributed by atoms with Gasteiger partial charge in [0.2, 0.25) is 13.3 Å². The Morgan fingerprint density at radius 2 is 1.59 bits per heavy atom. The Balaban J connectivity index is 2.28. The van der Waals surface area contributed by atoms with E-state index in [9.17, 15) is 19.0 Å². The van der Waals surface area contributed by atoms with Gasteiger partial charge in [0, 0.05) is 12.5 Å². The van der Waals surface area contributed by atoms with Gasteiger partial charge < -0.3 is 15.3 Å². The lowest BCUT2D eigenvalue weighted by Crippen LogP contribution is -2.39. The highest BCUT2D eigenvalue weighted by Crippen LogP contribution is 2.54. The minimum absolute atomic E-state index is 0.0858. The highest BCUT2D eigenvalue weighted by atomic mass is 31.2. The van der Waals surface area contributed by atoms with Crippen LogP contribution in [0.4, 0.5) is 0 Å². The first-order valence-electron chi connectivity index (χ1n) is 8.71. The number of hydrogen-bond acceptors (Lipinski definition) is 3. The van der Waals surface area contributed by atoms with Crippen LogP contribution in [0.3, 0.4) is 0 Å². The van der Waals surface area contributed by atoms with Gasteiger partial charge in [-0.15, -0.1) is 0 Å². The molecule has 0 bridgehead atoms. The number of amides is 1. The predicted molar refractivity (Wildman–Crippen MR) is 104 cm³/mol. The van der Waals surface area contributed by atoms with Crippen molar-refractivity contribution < 1.29 is 24.2 Å². The molecule has 2 aromatic rings.